The lowest BCUT2D eigenvalue weighted by Crippen LogP contribution is -2.24. The van der Waals surface area contributed by atoms with E-state index in [0.717, 1.165) is 16.7 Å². The SMILES string of the molecule is COC(=O)c1cc(NC(=O)c2ccc(C(=O)OC(C)(C)C)cc2)nc(-c2ccc(-c3cccnc3)cc2)c1. The summed E-state index contributed by atoms with van der Waals surface area (Å²) in [6.45, 7) is 5.35. The van der Waals surface area contributed by atoms with Crippen LogP contribution in [-0.4, -0.2) is 40.5 Å². The van der Waals surface area contributed by atoms with Crippen LogP contribution in [0.15, 0.2) is 85.2 Å². The lowest BCUT2D eigenvalue weighted by Gasteiger charge is -2.19. The molecule has 0 aliphatic carbocycles. The first-order valence-corrected chi connectivity index (χ1v) is 11.9. The normalized spacial score (nSPS) is 10.9. The first kappa shape index (κ1) is 26.2. The number of ether oxygens (including phenoxy) is 2. The highest BCUT2D eigenvalue weighted by molar-refractivity contribution is 6.05. The van der Waals surface area contributed by atoms with Crippen LogP contribution in [0, 0.1) is 0 Å². The summed E-state index contributed by atoms with van der Waals surface area (Å²) < 4.78 is 10.2. The number of carbonyl (C=O) groups excluding carboxylic acids is 3. The Morgan fingerprint density at radius 1 is 0.763 bits per heavy atom. The van der Waals surface area contributed by atoms with Gasteiger partial charge >= 0.3 is 11.9 Å². The Balaban J connectivity index is 1.58. The van der Waals surface area contributed by atoms with Crippen LogP contribution in [0.25, 0.3) is 22.4 Å². The van der Waals surface area contributed by atoms with Gasteiger partial charge in [0.1, 0.15) is 11.4 Å². The molecule has 0 radical (unpaired) electrons. The number of nitrogens with one attached hydrogen (secondary N) is 1. The number of aromatic nitrogens is 2. The van der Waals surface area contributed by atoms with Crippen molar-refractivity contribution in [1.82, 2.24) is 9.97 Å². The molecular weight excluding hydrogens is 482 g/mol. The number of benzene rings is 2. The highest BCUT2D eigenvalue weighted by atomic mass is 16.6. The van der Waals surface area contributed by atoms with Gasteiger partial charge in [-0.05, 0) is 74.4 Å². The van der Waals surface area contributed by atoms with E-state index in [1.54, 1.807) is 39.2 Å². The molecule has 0 aliphatic rings. The second-order valence-electron chi connectivity index (χ2n) is 9.47. The van der Waals surface area contributed by atoms with Gasteiger partial charge in [0.2, 0.25) is 0 Å². The summed E-state index contributed by atoms with van der Waals surface area (Å²) in [5.74, 6) is -1.30. The van der Waals surface area contributed by atoms with Crippen molar-refractivity contribution in [3.63, 3.8) is 0 Å². The van der Waals surface area contributed by atoms with Crippen LogP contribution in [0.3, 0.4) is 0 Å². The third kappa shape index (κ3) is 6.47. The molecule has 2 aromatic heterocycles. The van der Waals surface area contributed by atoms with Gasteiger partial charge in [0.15, 0.2) is 0 Å². The van der Waals surface area contributed by atoms with E-state index >= 15 is 0 Å². The minimum absolute atomic E-state index is 0.181. The van der Waals surface area contributed by atoms with Gasteiger partial charge in [0.05, 0.1) is 23.9 Å². The quantitative estimate of drug-likeness (QED) is 0.327. The van der Waals surface area contributed by atoms with Crippen LogP contribution >= 0.6 is 0 Å². The Morgan fingerprint density at radius 3 is 2.03 bits per heavy atom. The lowest BCUT2D eigenvalue weighted by atomic mass is 10.0. The number of anilines is 1. The van der Waals surface area contributed by atoms with Gasteiger partial charge in [0, 0.05) is 23.5 Å². The van der Waals surface area contributed by atoms with Crippen LogP contribution in [0.5, 0.6) is 0 Å². The summed E-state index contributed by atoms with van der Waals surface area (Å²) in [7, 11) is 1.29. The molecule has 0 spiro atoms. The average Bonchev–Trinajstić information content (AvgIpc) is 2.92. The van der Waals surface area contributed by atoms with Gasteiger partial charge in [-0.15, -0.1) is 0 Å². The van der Waals surface area contributed by atoms with Crippen LogP contribution in [-0.2, 0) is 9.47 Å². The van der Waals surface area contributed by atoms with E-state index in [2.05, 4.69) is 15.3 Å². The second kappa shape index (κ2) is 11.0. The van der Waals surface area contributed by atoms with Crippen molar-refractivity contribution in [1.29, 1.82) is 0 Å². The number of carbonyl (C=O) groups is 3. The summed E-state index contributed by atoms with van der Waals surface area (Å²) in [6, 6.07) is 20.6. The highest BCUT2D eigenvalue weighted by Gasteiger charge is 2.19. The van der Waals surface area contributed by atoms with E-state index in [1.165, 1.54) is 37.4 Å². The fraction of sp³-hybridized carbons (Fsp3) is 0.167. The fourth-order valence-electron chi connectivity index (χ4n) is 3.63. The molecule has 0 bridgehead atoms. The molecular formula is C30H27N3O5. The fourth-order valence-corrected chi connectivity index (χ4v) is 3.63. The van der Waals surface area contributed by atoms with Crippen molar-refractivity contribution >= 4 is 23.7 Å². The number of amides is 1. The monoisotopic (exact) mass is 509 g/mol. The van der Waals surface area contributed by atoms with Crippen LogP contribution < -0.4 is 5.32 Å². The van der Waals surface area contributed by atoms with Crippen molar-refractivity contribution in [3.8, 4) is 22.4 Å². The van der Waals surface area contributed by atoms with Crippen molar-refractivity contribution in [2.24, 2.45) is 0 Å². The molecule has 0 saturated heterocycles. The van der Waals surface area contributed by atoms with Crippen LogP contribution in [0.1, 0.15) is 51.8 Å². The predicted molar refractivity (Wildman–Crippen MR) is 144 cm³/mol. The van der Waals surface area contributed by atoms with Crippen LogP contribution in [0.2, 0.25) is 0 Å². The third-order valence-electron chi connectivity index (χ3n) is 5.45. The number of esters is 2. The zero-order valence-corrected chi connectivity index (χ0v) is 21.5. The first-order chi connectivity index (χ1) is 18.1. The maximum Gasteiger partial charge on any atom is 0.338 e. The Labute approximate surface area is 220 Å². The Hall–Kier alpha value is -4.85. The van der Waals surface area contributed by atoms with Gasteiger partial charge in [0.25, 0.3) is 5.91 Å². The van der Waals surface area contributed by atoms with E-state index in [9.17, 15) is 14.4 Å². The molecule has 8 nitrogen and oxygen atoms in total. The van der Waals surface area contributed by atoms with Gasteiger partial charge in [-0.3, -0.25) is 9.78 Å². The molecule has 4 rings (SSSR count). The molecule has 2 aromatic carbocycles. The molecule has 0 atom stereocenters. The molecule has 0 unspecified atom stereocenters. The summed E-state index contributed by atoms with van der Waals surface area (Å²) >= 11 is 0. The van der Waals surface area contributed by atoms with Crippen molar-refractivity contribution in [2.75, 3.05) is 12.4 Å². The number of hydrogen-bond acceptors (Lipinski definition) is 7. The van der Waals surface area contributed by atoms with E-state index in [4.69, 9.17) is 9.47 Å². The molecule has 8 heteroatoms. The molecule has 0 saturated carbocycles. The van der Waals surface area contributed by atoms with Gasteiger partial charge in [-0.1, -0.05) is 30.3 Å². The molecule has 1 N–H and O–H groups in total. The highest BCUT2D eigenvalue weighted by Crippen LogP contribution is 2.26. The number of nitrogens with zero attached hydrogens (tertiary/aromatic N) is 2. The molecule has 0 fully saturated rings. The van der Waals surface area contributed by atoms with Crippen molar-refractivity contribution in [3.05, 3.63) is 102 Å². The van der Waals surface area contributed by atoms with E-state index < -0.39 is 23.4 Å². The number of rotatable bonds is 6. The summed E-state index contributed by atoms with van der Waals surface area (Å²) in [6.07, 6.45) is 3.49. The first-order valence-electron chi connectivity index (χ1n) is 11.9. The molecule has 0 aliphatic heterocycles. The number of pyridine rings is 2. The predicted octanol–water partition coefficient (Wildman–Crippen LogP) is 5.80. The molecule has 2 heterocycles. The smallest absolute Gasteiger partial charge is 0.338 e. The number of methoxy groups -OCH3 is 1. The maximum atomic E-state index is 12.9. The number of hydrogen-bond donors (Lipinski definition) is 1. The van der Waals surface area contributed by atoms with Crippen molar-refractivity contribution in [2.45, 2.75) is 26.4 Å². The summed E-state index contributed by atoms with van der Waals surface area (Å²) in [5, 5.41) is 2.73. The Morgan fingerprint density at radius 2 is 1.42 bits per heavy atom. The molecule has 192 valence electrons. The van der Waals surface area contributed by atoms with Crippen LogP contribution in [0.4, 0.5) is 5.82 Å². The van der Waals surface area contributed by atoms with Gasteiger partial charge in [-0.2, -0.15) is 0 Å². The van der Waals surface area contributed by atoms with E-state index in [-0.39, 0.29) is 11.4 Å². The summed E-state index contributed by atoms with van der Waals surface area (Å²) in [4.78, 5) is 46.2. The Bertz CT molecular complexity index is 1460. The summed E-state index contributed by atoms with van der Waals surface area (Å²) in [5.41, 5.74) is 3.45. The molecule has 38 heavy (non-hydrogen) atoms. The van der Waals surface area contributed by atoms with Gasteiger partial charge in [-0.25, -0.2) is 14.6 Å². The maximum absolute atomic E-state index is 12.9. The van der Waals surface area contributed by atoms with Gasteiger partial charge < -0.3 is 14.8 Å². The molecule has 1 amide bonds. The average molecular weight is 510 g/mol. The Kier molecular flexibility index (Phi) is 7.62. The minimum Gasteiger partial charge on any atom is -0.465 e. The van der Waals surface area contributed by atoms with E-state index in [1.807, 2.05) is 36.4 Å². The lowest BCUT2D eigenvalue weighted by molar-refractivity contribution is 0.00691. The third-order valence-corrected chi connectivity index (χ3v) is 5.45. The molecule has 4 aromatic rings. The zero-order valence-electron chi connectivity index (χ0n) is 21.5. The second-order valence-corrected chi connectivity index (χ2v) is 9.47. The zero-order chi connectivity index (χ0) is 27.3. The largest absolute Gasteiger partial charge is 0.465 e. The van der Waals surface area contributed by atoms with Crippen molar-refractivity contribution < 1.29 is 23.9 Å². The topological polar surface area (TPSA) is 107 Å². The standard InChI is InChI=1S/C30H27N3O5/c1-30(2,3)38-29(36)22-13-11-21(12-14-22)27(34)33-26-17-24(28(35)37-4)16-25(32-26)20-9-7-19(8-10-20)23-6-5-15-31-18-23/h5-18H,1-4H3,(H,32,33,34). The van der Waals surface area contributed by atoms with E-state index in [0.29, 0.717) is 16.8 Å². The minimum atomic E-state index is -0.625.